The highest BCUT2D eigenvalue weighted by Gasteiger charge is 2.42. The first-order valence-electron chi connectivity index (χ1n) is 18.6. The molecule has 0 spiro atoms. The zero-order valence-corrected chi connectivity index (χ0v) is 23.0. The van der Waals surface area contributed by atoms with Gasteiger partial charge in [0.05, 0.1) is 0 Å². The number of benzene rings is 4. The molecule has 0 N–H and O–H groups in total. The van der Waals surface area contributed by atoms with E-state index in [1.54, 1.807) is 23.1 Å². The van der Waals surface area contributed by atoms with Gasteiger partial charge in [0.15, 0.2) is 0 Å². The number of fused-ring (bicyclic) bond motifs is 3. The first-order valence-corrected chi connectivity index (χ1v) is 13.1. The summed E-state index contributed by atoms with van der Waals surface area (Å²) >= 11 is 0. The van der Waals surface area contributed by atoms with E-state index in [2.05, 4.69) is 0 Å². The lowest BCUT2D eigenvalue weighted by Gasteiger charge is -2.44. The van der Waals surface area contributed by atoms with Gasteiger partial charge in [-0.05, 0) is 89.2 Å². The summed E-state index contributed by atoms with van der Waals surface area (Å²) in [6, 6.07) is 25.4. The Labute approximate surface area is 246 Å². The van der Waals surface area contributed by atoms with Crippen LogP contribution in [0, 0.1) is 0 Å². The number of hydrogen-bond acceptors (Lipinski definition) is 1. The van der Waals surface area contributed by atoms with Gasteiger partial charge in [0.2, 0.25) is 0 Å². The van der Waals surface area contributed by atoms with Gasteiger partial charge in [-0.2, -0.15) is 0 Å². The summed E-state index contributed by atoms with van der Waals surface area (Å²) in [4.78, 5) is 1.78. The molecule has 0 aromatic heterocycles. The molecular formula is C37H43N. The zero-order chi connectivity index (χ0) is 36.8. The number of anilines is 2. The summed E-state index contributed by atoms with van der Waals surface area (Å²) in [6.45, 7) is 1.64. The molecule has 0 heterocycles. The average molecular weight is 513 g/mol. The van der Waals surface area contributed by atoms with Crippen LogP contribution >= 0.6 is 0 Å². The minimum absolute atomic E-state index is 0.136. The van der Waals surface area contributed by atoms with Crippen molar-refractivity contribution in [1.29, 1.82) is 0 Å². The third-order valence-electron chi connectivity index (χ3n) is 7.61. The molecule has 1 aliphatic carbocycles. The van der Waals surface area contributed by atoms with Crippen molar-refractivity contribution < 1.29 is 15.1 Å². The first kappa shape index (κ1) is 15.9. The van der Waals surface area contributed by atoms with Crippen LogP contribution in [0.4, 0.5) is 11.4 Å². The largest absolute Gasteiger partial charge is 0.335 e. The maximum absolute atomic E-state index is 9.46. The van der Waals surface area contributed by atoms with E-state index in [-0.39, 0.29) is 16.8 Å². The quantitative estimate of drug-likeness (QED) is 0.257. The molecule has 38 heavy (non-hydrogen) atoms. The molecule has 5 rings (SSSR count). The van der Waals surface area contributed by atoms with E-state index in [1.165, 1.54) is 13.0 Å². The van der Waals surface area contributed by atoms with Gasteiger partial charge in [0.1, 0.15) is 0 Å². The highest BCUT2D eigenvalue weighted by Crippen LogP contribution is 2.56. The summed E-state index contributed by atoms with van der Waals surface area (Å²) in [5.41, 5.74) is 3.54. The normalized spacial score (nSPS) is 21.2. The maximum atomic E-state index is 9.46. The Morgan fingerprint density at radius 1 is 0.737 bits per heavy atom. The molecular weight excluding hydrogens is 458 g/mol. The van der Waals surface area contributed by atoms with Crippen LogP contribution in [0.3, 0.4) is 0 Å². The van der Waals surface area contributed by atoms with Gasteiger partial charge >= 0.3 is 0 Å². The molecule has 0 bridgehead atoms. The number of hydrogen-bond donors (Lipinski definition) is 0. The number of rotatable bonds is 5. The third kappa shape index (κ3) is 4.27. The van der Waals surface area contributed by atoms with Crippen LogP contribution in [-0.2, 0) is 5.41 Å². The fourth-order valence-electron chi connectivity index (χ4n) is 5.94. The molecule has 1 unspecified atom stereocenters. The molecule has 1 nitrogen and oxygen atoms in total. The Bertz CT molecular complexity index is 1860. The summed E-state index contributed by atoms with van der Waals surface area (Å²) in [7, 11) is 0. The lowest BCUT2D eigenvalue weighted by Crippen LogP contribution is -2.40. The summed E-state index contributed by atoms with van der Waals surface area (Å²) in [5.74, 6) is -5.23. The van der Waals surface area contributed by atoms with Crippen molar-refractivity contribution >= 4 is 11.4 Å². The summed E-state index contributed by atoms with van der Waals surface area (Å²) in [5, 5.41) is 0. The minimum Gasteiger partial charge on any atom is -0.335 e. The van der Waals surface area contributed by atoms with Crippen molar-refractivity contribution in [2.24, 2.45) is 0 Å². The highest BCUT2D eigenvalue weighted by atomic mass is 15.2. The summed E-state index contributed by atoms with van der Waals surface area (Å²) in [6.07, 6.45) is 0. The molecule has 0 saturated heterocycles. The van der Waals surface area contributed by atoms with Crippen LogP contribution in [0.25, 0.3) is 22.3 Å². The zero-order valence-electron chi connectivity index (χ0n) is 34.0. The third-order valence-corrected chi connectivity index (χ3v) is 7.61. The van der Waals surface area contributed by atoms with Gasteiger partial charge in [-0.15, -0.1) is 0 Å². The van der Waals surface area contributed by atoms with Crippen LogP contribution in [0.2, 0.25) is 0 Å². The Balaban J connectivity index is 2.01. The SMILES string of the molecule is [2H]C([2H])([2H])C([2H])(C)c1ccc2c(c1N(c1ccc(-c3ccccc3)cc1C([2H])(C([2H])([2H])[2H])C([2H])([2H])[2H])C(C)(C)C)C(C)(C)c1ccccc1-2. The topological polar surface area (TPSA) is 3.24 Å². The van der Waals surface area contributed by atoms with Gasteiger partial charge < -0.3 is 4.90 Å². The van der Waals surface area contributed by atoms with Gasteiger partial charge in [0, 0.05) is 37.4 Å². The standard InChI is InChI=1S/C37H43N/c1-24(2)28-20-21-30-29-17-13-14-18-32(29)37(8,9)34(30)35(28)38(36(5,6)7)33-22-19-27(23-31(33)25(3)4)26-15-11-10-12-16-26/h10-25H,1-9H3/i1D3,3D3,4D3,24D,25D. The minimum atomic E-state index is -3.30. The monoisotopic (exact) mass is 512 g/mol. The second-order valence-electron chi connectivity index (χ2n) is 11.7. The van der Waals surface area contributed by atoms with Gasteiger partial charge in [-0.1, -0.05) is 114 Å². The van der Waals surface area contributed by atoms with E-state index in [1.807, 2.05) is 95.3 Å². The molecule has 0 amide bonds. The van der Waals surface area contributed by atoms with Crippen molar-refractivity contribution in [3.8, 4) is 22.3 Å². The van der Waals surface area contributed by atoms with Crippen LogP contribution in [0.1, 0.15) is 111 Å². The predicted octanol–water partition coefficient (Wildman–Crippen LogP) is 10.8. The molecule has 196 valence electrons. The number of nitrogens with zero attached hydrogens (tertiary/aromatic N) is 1. The lowest BCUT2D eigenvalue weighted by molar-refractivity contribution is 0.547. The van der Waals surface area contributed by atoms with Crippen LogP contribution < -0.4 is 4.90 Å². The second kappa shape index (κ2) is 9.45. The Hall–Kier alpha value is -3.32. The first-order chi connectivity index (χ1) is 22.3. The molecule has 4 aromatic rings. The average Bonchev–Trinajstić information content (AvgIpc) is 3.21. The van der Waals surface area contributed by atoms with Crippen LogP contribution in [-0.4, -0.2) is 5.54 Å². The van der Waals surface area contributed by atoms with E-state index in [4.69, 9.17) is 12.3 Å². The Morgan fingerprint density at radius 3 is 2.11 bits per heavy atom. The second-order valence-corrected chi connectivity index (χ2v) is 11.7. The van der Waals surface area contributed by atoms with Crippen LogP contribution in [0.5, 0.6) is 0 Å². The van der Waals surface area contributed by atoms with Gasteiger partial charge in [-0.25, -0.2) is 0 Å². The van der Waals surface area contributed by atoms with E-state index in [0.29, 0.717) is 16.8 Å². The molecule has 4 aromatic carbocycles. The van der Waals surface area contributed by atoms with Crippen molar-refractivity contribution in [1.82, 2.24) is 0 Å². The Morgan fingerprint density at radius 2 is 1.42 bits per heavy atom. The van der Waals surface area contributed by atoms with Crippen molar-refractivity contribution in [3.63, 3.8) is 0 Å². The van der Waals surface area contributed by atoms with Crippen molar-refractivity contribution in [2.45, 2.75) is 84.8 Å². The Kier molecular flexibility index (Phi) is 3.97. The smallest absolute Gasteiger partial charge is 0.0498 e. The van der Waals surface area contributed by atoms with Crippen molar-refractivity contribution in [2.75, 3.05) is 4.90 Å². The maximum Gasteiger partial charge on any atom is 0.0498 e. The van der Waals surface area contributed by atoms with Crippen LogP contribution in [0.15, 0.2) is 84.9 Å². The fourth-order valence-corrected chi connectivity index (χ4v) is 5.94. The van der Waals surface area contributed by atoms with E-state index in [0.717, 1.165) is 22.3 Å². The molecule has 1 heteroatoms. The molecule has 1 atom stereocenters. The van der Waals surface area contributed by atoms with E-state index in [9.17, 15) is 2.74 Å². The molecule has 0 fully saturated rings. The molecule has 0 aliphatic heterocycles. The van der Waals surface area contributed by atoms with Crippen molar-refractivity contribution in [3.05, 3.63) is 107 Å². The summed E-state index contributed by atoms with van der Waals surface area (Å²) < 4.78 is 95.3. The fraction of sp³-hybridized carbons (Fsp3) is 0.351. The van der Waals surface area contributed by atoms with Gasteiger partial charge in [0.25, 0.3) is 0 Å². The van der Waals surface area contributed by atoms with E-state index < -0.39 is 43.3 Å². The lowest BCUT2D eigenvalue weighted by atomic mass is 9.78. The predicted molar refractivity (Wildman–Crippen MR) is 166 cm³/mol. The molecule has 1 aliphatic rings. The van der Waals surface area contributed by atoms with E-state index >= 15 is 0 Å². The molecule has 0 radical (unpaired) electrons. The van der Waals surface area contributed by atoms with Gasteiger partial charge in [-0.3, -0.25) is 0 Å². The highest BCUT2D eigenvalue weighted by molar-refractivity contribution is 5.90. The molecule has 0 saturated carbocycles.